The van der Waals surface area contributed by atoms with Crippen molar-refractivity contribution in [1.82, 2.24) is 10.6 Å². The summed E-state index contributed by atoms with van der Waals surface area (Å²) < 4.78 is 0. The van der Waals surface area contributed by atoms with Gasteiger partial charge in [0.05, 0.1) is 0 Å². The molecule has 5 heteroatoms. The van der Waals surface area contributed by atoms with Crippen LogP contribution in [0.4, 0.5) is 0 Å². The molecule has 0 aliphatic heterocycles. The second-order valence-electron chi connectivity index (χ2n) is 9.56. The quantitative estimate of drug-likeness (QED) is 0.120. The third kappa shape index (κ3) is 19.8. The van der Waals surface area contributed by atoms with Crippen LogP contribution in [0, 0.1) is 5.92 Å². The van der Waals surface area contributed by atoms with Crippen molar-refractivity contribution in [3.05, 3.63) is 0 Å². The molecule has 1 atom stereocenters. The molecular weight excluding hydrogens is 412 g/mol. The van der Waals surface area contributed by atoms with E-state index in [1.807, 2.05) is 0 Å². The van der Waals surface area contributed by atoms with E-state index in [-0.39, 0.29) is 24.0 Å². The molecule has 0 bridgehead atoms. The van der Waals surface area contributed by atoms with Crippen LogP contribution >= 0.6 is 0 Å². The van der Waals surface area contributed by atoms with E-state index in [0.29, 0.717) is 19.5 Å². The van der Waals surface area contributed by atoms with Crippen molar-refractivity contribution in [1.29, 1.82) is 0 Å². The standard InChI is InChI=1S/C28H54N2O3/c1-4-7-10-13-14-15-16-17-18-21-26(31)25(28(33)30-23-20-12-9-6-3)24-27(32)29-22-19-11-8-5-2/h25H,4-24H2,1-3H3,(H,29,32)(H,30,33). The molecule has 5 nitrogen and oxygen atoms in total. The largest absolute Gasteiger partial charge is 0.356 e. The predicted molar refractivity (Wildman–Crippen MR) is 139 cm³/mol. The summed E-state index contributed by atoms with van der Waals surface area (Å²) in [6, 6.07) is 0. The fourth-order valence-electron chi connectivity index (χ4n) is 4.06. The number of carbonyl (C=O) groups is 3. The van der Waals surface area contributed by atoms with Gasteiger partial charge in [-0.2, -0.15) is 0 Å². The molecule has 0 aliphatic rings. The lowest BCUT2D eigenvalue weighted by atomic mass is 9.94. The molecular formula is C28H54N2O3. The highest BCUT2D eigenvalue weighted by molar-refractivity contribution is 6.04. The van der Waals surface area contributed by atoms with Gasteiger partial charge >= 0.3 is 0 Å². The number of Topliss-reactive ketones (excluding diaryl/α,β-unsaturated/α-hetero) is 1. The molecule has 0 aliphatic carbocycles. The zero-order valence-corrected chi connectivity index (χ0v) is 22.2. The zero-order valence-electron chi connectivity index (χ0n) is 22.2. The van der Waals surface area contributed by atoms with Crippen LogP contribution in [0.25, 0.3) is 0 Å². The number of rotatable bonds is 24. The predicted octanol–water partition coefficient (Wildman–Crippen LogP) is 6.88. The van der Waals surface area contributed by atoms with E-state index in [0.717, 1.165) is 70.6 Å². The fraction of sp³-hybridized carbons (Fsp3) is 0.893. The zero-order chi connectivity index (χ0) is 24.6. The minimum absolute atomic E-state index is 0.0230. The first-order valence-corrected chi connectivity index (χ1v) is 14.1. The first-order valence-electron chi connectivity index (χ1n) is 14.1. The van der Waals surface area contributed by atoms with Crippen molar-refractivity contribution in [2.24, 2.45) is 5.92 Å². The maximum atomic E-state index is 12.8. The van der Waals surface area contributed by atoms with Gasteiger partial charge in [0.2, 0.25) is 11.8 Å². The van der Waals surface area contributed by atoms with Gasteiger partial charge in [0.1, 0.15) is 11.7 Å². The molecule has 0 rings (SSSR count). The monoisotopic (exact) mass is 466 g/mol. The Morgan fingerprint density at radius 3 is 1.48 bits per heavy atom. The summed E-state index contributed by atoms with van der Waals surface area (Å²) in [6.07, 6.45) is 19.7. The van der Waals surface area contributed by atoms with Crippen molar-refractivity contribution >= 4 is 17.6 Å². The number of hydrogen-bond acceptors (Lipinski definition) is 3. The molecule has 2 N–H and O–H groups in total. The SMILES string of the molecule is CCCCCCCCCCCC(=O)C(CC(=O)NCCCCCC)C(=O)NCCCCCC. The van der Waals surface area contributed by atoms with Gasteiger partial charge in [0.15, 0.2) is 0 Å². The lowest BCUT2D eigenvalue weighted by Crippen LogP contribution is -2.39. The summed E-state index contributed by atoms with van der Waals surface area (Å²) in [7, 11) is 0. The van der Waals surface area contributed by atoms with E-state index >= 15 is 0 Å². The Kier molecular flexibility index (Phi) is 22.8. The van der Waals surface area contributed by atoms with Gasteiger partial charge in [0.25, 0.3) is 0 Å². The van der Waals surface area contributed by atoms with E-state index in [4.69, 9.17) is 0 Å². The van der Waals surface area contributed by atoms with E-state index in [9.17, 15) is 14.4 Å². The van der Waals surface area contributed by atoms with Crippen LogP contribution in [-0.4, -0.2) is 30.7 Å². The van der Waals surface area contributed by atoms with Crippen LogP contribution in [0.5, 0.6) is 0 Å². The van der Waals surface area contributed by atoms with Gasteiger partial charge in [-0.25, -0.2) is 0 Å². The summed E-state index contributed by atoms with van der Waals surface area (Å²) in [6.45, 7) is 7.74. The number of amides is 2. The van der Waals surface area contributed by atoms with E-state index in [2.05, 4.69) is 31.4 Å². The van der Waals surface area contributed by atoms with E-state index in [1.165, 1.54) is 38.5 Å². The lowest BCUT2D eigenvalue weighted by molar-refractivity contribution is -0.138. The summed E-state index contributed by atoms with van der Waals surface area (Å²) in [4.78, 5) is 37.9. The average molecular weight is 467 g/mol. The van der Waals surface area contributed by atoms with Crippen molar-refractivity contribution in [2.45, 2.75) is 143 Å². The van der Waals surface area contributed by atoms with Gasteiger partial charge in [0, 0.05) is 25.9 Å². The number of unbranched alkanes of at least 4 members (excludes halogenated alkanes) is 14. The second-order valence-corrected chi connectivity index (χ2v) is 9.56. The number of hydrogen-bond donors (Lipinski definition) is 2. The molecule has 0 saturated heterocycles. The van der Waals surface area contributed by atoms with Crippen LogP contribution < -0.4 is 10.6 Å². The van der Waals surface area contributed by atoms with Crippen molar-refractivity contribution in [3.8, 4) is 0 Å². The van der Waals surface area contributed by atoms with Gasteiger partial charge in [-0.05, 0) is 19.3 Å². The summed E-state index contributed by atoms with van der Waals surface area (Å²) in [5, 5.41) is 5.81. The molecule has 0 aromatic heterocycles. The molecule has 33 heavy (non-hydrogen) atoms. The smallest absolute Gasteiger partial charge is 0.231 e. The Hall–Kier alpha value is -1.39. The first-order chi connectivity index (χ1) is 16.1. The van der Waals surface area contributed by atoms with Gasteiger partial charge < -0.3 is 10.6 Å². The van der Waals surface area contributed by atoms with Crippen molar-refractivity contribution < 1.29 is 14.4 Å². The van der Waals surface area contributed by atoms with E-state index in [1.54, 1.807) is 0 Å². The topological polar surface area (TPSA) is 75.3 Å². The van der Waals surface area contributed by atoms with Crippen molar-refractivity contribution in [3.63, 3.8) is 0 Å². The Morgan fingerprint density at radius 1 is 0.545 bits per heavy atom. The molecule has 2 amide bonds. The van der Waals surface area contributed by atoms with Crippen LogP contribution in [-0.2, 0) is 14.4 Å². The maximum absolute atomic E-state index is 12.8. The number of carbonyl (C=O) groups excluding carboxylic acids is 3. The molecule has 0 saturated carbocycles. The highest BCUT2D eigenvalue weighted by Crippen LogP contribution is 2.15. The lowest BCUT2D eigenvalue weighted by Gasteiger charge is -2.16. The summed E-state index contributed by atoms with van der Waals surface area (Å²) in [5.41, 5.74) is 0. The van der Waals surface area contributed by atoms with Gasteiger partial charge in [-0.3, -0.25) is 14.4 Å². The molecule has 0 aromatic carbocycles. The molecule has 0 spiro atoms. The summed E-state index contributed by atoms with van der Waals surface area (Å²) in [5.74, 6) is -1.38. The maximum Gasteiger partial charge on any atom is 0.231 e. The van der Waals surface area contributed by atoms with Crippen LogP contribution in [0.1, 0.15) is 143 Å². The molecule has 0 radical (unpaired) electrons. The molecule has 194 valence electrons. The van der Waals surface area contributed by atoms with Crippen molar-refractivity contribution in [2.75, 3.05) is 13.1 Å². The molecule has 1 unspecified atom stereocenters. The minimum atomic E-state index is -0.846. The number of nitrogens with one attached hydrogen (secondary N) is 2. The Morgan fingerprint density at radius 2 is 0.970 bits per heavy atom. The average Bonchev–Trinajstić information content (AvgIpc) is 2.81. The van der Waals surface area contributed by atoms with Gasteiger partial charge in [-0.1, -0.05) is 111 Å². The Bertz CT molecular complexity index is 494. The number of ketones is 1. The summed E-state index contributed by atoms with van der Waals surface area (Å²) >= 11 is 0. The van der Waals surface area contributed by atoms with Crippen LogP contribution in [0.15, 0.2) is 0 Å². The molecule has 0 aromatic rings. The first kappa shape index (κ1) is 31.6. The highest BCUT2D eigenvalue weighted by Gasteiger charge is 2.28. The molecule has 0 fully saturated rings. The highest BCUT2D eigenvalue weighted by atomic mass is 16.2. The van der Waals surface area contributed by atoms with Gasteiger partial charge in [-0.15, -0.1) is 0 Å². The third-order valence-electron chi connectivity index (χ3n) is 6.30. The molecule has 0 heterocycles. The van der Waals surface area contributed by atoms with Crippen LogP contribution in [0.3, 0.4) is 0 Å². The Balaban J connectivity index is 4.40. The normalized spacial score (nSPS) is 11.8. The second kappa shape index (κ2) is 23.8. The van der Waals surface area contributed by atoms with E-state index < -0.39 is 5.92 Å². The Labute approximate surface area is 204 Å². The fourth-order valence-corrected chi connectivity index (χ4v) is 4.06. The third-order valence-corrected chi connectivity index (χ3v) is 6.30. The van der Waals surface area contributed by atoms with Crippen LogP contribution in [0.2, 0.25) is 0 Å². The minimum Gasteiger partial charge on any atom is -0.356 e.